The van der Waals surface area contributed by atoms with E-state index in [1.165, 1.54) is 12.8 Å². The van der Waals surface area contributed by atoms with E-state index in [-0.39, 0.29) is 79.0 Å². The van der Waals surface area contributed by atoms with Gasteiger partial charge >= 0.3 is 18.3 Å². The van der Waals surface area contributed by atoms with E-state index in [1.807, 2.05) is 119 Å². The molecule has 4 amide bonds. The number of nitrogens with zero attached hydrogens (tertiary/aromatic N) is 4. The number of ether oxygens (including phenoxy) is 3. The van der Waals surface area contributed by atoms with Crippen molar-refractivity contribution >= 4 is 79.8 Å². The van der Waals surface area contributed by atoms with Crippen LogP contribution in [-0.2, 0) is 19.0 Å². The minimum absolute atomic E-state index is 0. The standard InChI is InChI=1S/C21H30N4O2.C16H22N4.C12H22N2O3.C12H24N2O2.CH4.B.H2S.H2/c1-14-17-7-5-6-8-18(17)25-19(23-14)22-13-15-9-11-16(12-10-15)24-20(26)27-21(2,3)4;1-11-14-4-2-3-5-15(14)20-16(19-11)18-10-12-6-8-13(17)9-7-12;1-12(2,3)17-11(16)14-9-6-4-8(5-7-9)10(13)15;1-12(2,3)16-11(15)14-10-6-4-9(8-13)5-7-10;;;;/h5-8,15-16H,9-13H2,1-4H3,(H,24,26)(H,22,23,25);2-5,12-13H,6-10,17H2,1H3,(H,18,19,20);8-9H,4-7H2,1-3H3,(H2,13,15)(H,14,16);9-10H,4-8,13H2,1-3H3,(H,14,15);1H4;;1H2;1H/i;;;;;;;1+2. The number of anilines is 2. The van der Waals surface area contributed by atoms with Crippen LogP contribution in [0.3, 0.4) is 0 Å². The zero-order chi connectivity index (χ0) is 58.6. The molecule has 4 fully saturated rings. The van der Waals surface area contributed by atoms with Gasteiger partial charge in [0.25, 0.3) is 0 Å². The number of hydrogen-bond acceptors (Lipinski definition) is 15. The van der Waals surface area contributed by atoms with Crippen molar-refractivity contribution in [2.75, 3.05) is 30.3 Å². The Kier molecular flexibility index (Phi) is 30.9. The zero-order valence-corrected chi connectivity index (χ0v) is 52.1. The van der Waals surface area contributed by atoms with E-state index in [2.05, 4.69) is 52.6 Å². The van der Waals surface area contributed by atoms with E-state index in [0.717, 1.165) is 149 Å². The summed E-state index contributed by atoms with van der Waals surface area (Å²) in [5, 5.41) is 17.8. The first kappa shape index (κ1) is 73.4. The quantitative estimate of drug-likeness (QED) is 0.0512. The lowest BCUT2D eigenvalue weighted by atomic mass is 9.86. The summed E-state index contributed by atoms with van der Waals surface area (Å²) in [5.74, 6) is 3.07. The molecule has 0 aliphatic heterocycles. The van der Waals surface area contributed by atoms with Crippen molar-refractivity contribution in [2.45, 2.75) is 227 Å². The van der Waals surface area contributed by atoms with Gasteiger partial charge < -0.3 is 58.0 Å². The molecule has 0 saturated heterocycles. The van der Waals surface area contributed by atoms with Crippen LogP contribution in [0, 0.1) is 37.5 Å². The third kappa shape index (κ3) is 27.7. The molecule has 83 heavy (non-hydrogen) atoms. The van der Waals surface area contributed by atoms with Gasteiger partial charge in [0.15, 0.2) is 0 Å². The van der Waals surface area contributed by atoms with Crippen molar-refractivity contribution in [1.29, 1.82) is 0 Å². The summed E-state index contributed by atoms with van der Waals surface area (Å²) >= 11 is 0. The van der Waals surface area contributed by atoms with Crippen molar-refractivity contribution in [3.63, 3.8) is 0 Å². The van der Waals surface area contributed by atoms with Gasteiger partial charge in [-0.15, -0.1) is 0 Å². The fourth-order valence-electron chi connectivity index (χ4n) is 10.5. The normalized spacial score (nSPS) is 22.3. The van der Waals surface area contributed by atoms with Gasteiger partial charge in [-0.2, -0.15) is 13.5 Å². The predicted molar refractivity (Wildman–Crippen MR) is 344 cm³/mol. The van der Waals surface area contributed by atoms with Crippen LogP contribution in [-0.4, -0.2) is 113 Å². The van der Waals surface area contributed by atoms with Crippen LogP contribution in [0.5, 0.6) is 0 Å². The molecular formula is C62H106BN12O7S. The molecular weight excluding hydrogens is 1070 g/mol. The highest BCUT2D eigenvalue weighted by Gasteiger charge is 2.29. The highest BCUT2D eigenvalue weighted by Crippen LogP contribution is 2.28. The second kappa shape index (κ2) is 35.0. The molecule has 2 aromatic heterocycles. The number of hydrogen-bond donors (Lipinski definition) is 8. The summed E-state index contributed by atoms with van der Waals surface area (Å²) in [5.41, 5.74) is 19.5. The van der Waals surface area contributed by atoms with Crippen LogP contribution in [0.2, 0.25) is 0 Å². The molecule has 19 nitrogen and oxygen atoms in total. The highest BCUT2D eigenvalue weighted by molar-refractivity contribution is 7.59. The topological polar surface area (TPSA) is 286 Å². The lowest BCUT2D eigenvalue weighted by Crippen LogP contribution is -2.42. The van der Waals surface area contributed by atoms with E-state index in [9.17, 15) is 19.2 Å². The van der Waals surface area contributed by atoms with Gasteiger partial charge in [-0.3, -0.25) is 4.79 Å². The van der Waals surface area contributed by atoms with Crippen molar-refractivity contribution in [3.8, 4) is 0 Å². The number of nitrogens with one attached hydrogen (secondary N) is 5. The maximum atomic E-state index is 11.9. The predicted octanol–water partition coefficient (Wildman–Crippen LogP) is 11.5. The van der Waals surface area contributed by atoms with Crippen LogP contribution in [0.25, 0.3) is 21.8 Å². The number of carbonyl (C=O) groups excluding carboxylic acids is 4. The van der Waals surface area contributed by atoms with Crippen molar-refractivity contribution in [3.05, 3.63) is 59.9 Å². The second-order valence-corrected chi connectivity index (χ2v) is 25.4. The Morgan fingerprint density at radius 3 is 1.16 bits per heavy atom. The van der Waals surface area contributed by atoms with E-state index >= 15 is 0 Å². The number of amides is 4. The third-order valence-electron chi connectivity index (χ3n) is 14.9. The molecule has 4 saturated carbocycles. The van der Waals surface area contributed by atoms with Gasteiger partial charge in [-0.05, 0) is 215 Å². The molecule has 4 aliphatic rings. The molecule has 2 heterocycles. The minimum atomic E-state index is -0.478. The van der Waals surface area contributed by atoms with Crippen molar-refractivity contribution in [2.24, 2.45) is 40.9 Å². The molecule has 4 aromatic rings. The Morgan fingerprint density at radius 2 is 0.831 bits per heavy atom. The Morgan fingerprint density at radius 1 is 0.518 bits per heavy atom. The summed E-state index contributed by atoms with van der Waals surface area (Å²) in [6.45, 7) is 23.4. The van der Waals surface area contributed by atoms with Gasteiger partial charge in [-0.25, -0.2) is 34.3 Å². The number of alkyl carbamates (subject to hydrolysis) is 3. The van der Waals surface area contributed by atoms with Gasteiger partial charge in [0, 0.05) is 63.8 Å². The Hall–Kier alpha value is -5.67. The number of benzene rings is 2. The Bertz CT molecular complexity index is 2590. The number of aryl methyl sites for hydroxylation is 2. The number of fused-ring (bicyclic) bond motifs is 2. The summed E-state index contributed by atoms with van der Waals surface area (Å²) in [6.07, 6.45) is 15.1. The van der Waals surface area contributed by atoms with Crippen LogP contribution in [0.15, 0.2) is 48.5 Å². The van der Waals surface area contributed by atoms with Crippen molar-refractivity contribution in [1.82, 2.24) is 35.9 Å². The Balaban J connectivity index is 0.000000563. The van der Waals surface area contributed by atoms with Gasteiger partial charge in [0.1, 0.15) is 16.8 Å². The van der Waals surface area contributed by atoms with E-state index < -0.39 is 16.8 Å². The first-order valence-corrected chi connectivity index (χ1v) is 29.4. The lowest BCUT2D eigenvalue weighted by Gasteiger charge is -2.30. The summed E-state index contributed by atoms with van der Waals surface area (Å²) in [4.78, 5) is 64.2. The number of para-hydroxylation sites is 2. The largest absolute Gasteiger partial charge is 0.444 e. The van der Waals surface area contributed by atoms with Gasteiger partial charge in [0.05, 0.1) is 22.4 Å². The SMILES string of the molecule is C.CC(C)(C)OC(=O)NC1CCC(C(N)=O)CC1.CC(C)(C)OC(=O)NC1CCC(CN)CC1.Cc1nc(NCC2CCC(N)CC2)nc2ccccc12.Cc1nc(NCC2CCC(NC(=O)OC(C)(C)C)CC2)nc2ccccc12.S.[3HH].[B]. The number of nitrogens with two attached hydrogens (primary N) is 3. The maximum absolute atomic E-state index is 11.9. The monoisotopic (exact) mass is 1180 g/mol. The molecule has 4 aliphatic carbocycles. The number of aromatic nitrogens is 4. The second-order valence-electron chi connectivity index (χ2n) is 25.4. The van der Waals surface area contributed by atoms with E-state index in [1.54, 1.807) is 0 Å². The molecule has 3 radical (unpaired) electrons. The molecule has 465 valence electrons. The first-order valence-electron chi connectivity index (χ1n) is 29.4. The van der Waals surface area contributed by atoms with Crippen molar-refractivity contribution < 1.29 is 34.8 Å². The molecule has 2 aromatic carbocycles. The highest BCUT2D eigenvalue weighted by atomic mass is 32.1. The lowest BCUT2D eigenvalue weighted by molar-refractivity contribution is -0.122. The van der Waals surface area contributed by atoms with Crippen LogP contribution in [0.4, 0.5) is 26.3 Å². The fourth-order valence-corrected chi connectivity index (χ4v) is 10.5. The number of carbonyl (C=O) groups is 4. The average Bonchev–Trinajstić information content (AvgIpc) is 3.41. The minimum Gasteiger partial charge on any atom is -0.444 e. The average molecular weight is 1180 g/mol. The fraction of sp³-hybridized carbons (Fsp3) is 0.677. The zero-order valence-electron chi connectivity index (χ0n) is 51.1. The summed E-state index contributed by atoms with van der Waals surface area (Å²) in [6, 6.07) is 17.2. The van der Waals surface area contributed by atoms with E-state index in [0.29, 0.717) is 29.7 Å². The third-order valence-corrected chi connectivity index (χ3v) is 14.9. The molecule has 0 atom stereocenters. The molecule has 0 spiro atoms. The number of primary amides is 1. The smallest absolute Gasteiger partial charge is 0.407 e. The molecule has 0 unspecified atom stereocenters. The van der Waals surface area contributed by atoms with Crippen LogP contribution in [0.1, 0.15) is 185 Å². The van der Waals surface area contributed by atoms with E-state index in [4.69, 9.17) is 31.4 Å². The molecule has 8 rings (SSSR count). The molecule has 11 N–H and O–H groups in total. The number of rotatable bonds is 11. The Labute approximate surface area is 506 Å². The van der Waals surface area contributed by atoms with Crippen LogP contribution < -0.4 is 43.8 Å². The molecule has 21 heteroatoms. The van der Waals surface area contributed by atoms with Gasteiger partial charge in [-0.1, -0.05) is 43.8 Å². The van der Waals surface area contributed by atoms with Gasteiger partial charge in [0.2, 0.25) is 17.8 Å². The summed E-state index contributed by atoms with van der Waals surface area (Å²) in [7, 11) is 0. The maximum Gasteiger partial charge on any atom is 0.407 e. The first-order chi connectivity index (χ1) is 37.7. The summed E-state index contributed by atoms with van der Waals surface area (Å²) < 4.78 is 15.7. The van der Waals surface area contributed by atoms with Crippen LogP contribution >= 0.6 is 13.5 Å². The molecule has 0 bridgehead atoms.